The van der Waals surface area contributed by atoms with Crippen LogP contribution in [0.25, 0.3) is 0 Å². The van der Waals surface area contributed by atoms with E-state index in [2.05, 4.69) is 5.32 Å². The van der Waals surface area contributed by atoms with Crippen molar-refractivity contribution in [2.45, 2.75) is 19.7 Å². The van der Waals surface area contributed by atoms with E-state index in [4.69, 9.17) is 5.11 Å². The SMILES string of the molecule is OCc1ccc(CNCc2cc(F)c(F)cc2F)cc1. The highest BCUT2D eigenvalue weighted by atomic mass is 19.2. The molecule has 0 aliphatic rings. The van der Waals surface area contributed by atoms with E-state index in [0.717, 1.165) is 17.2 Å². The summed E-state index contributed by atoms with van der Waals surface area (Å²) in [6, 6.07) is 8.64. The lowest BCUT2D eigenvalue weighted by Crippen LogP contribution is -2.14. The van der Waals surface area contributed by atoms with Gasteiger partial charge in [0.05, 0.1) is 6.61 Å². The summed E-state index contributed by atoms with van der Waals surface area (Å²) >= 11 is 0. The Morgan fingerprint density at radius 2 is 1.40 bits per heavy atom. The van der Waals surface area contributed by atoms with Gasteiger partial charge < -0.3 is 10.4 Å². The van der Waals surface area contributed by atoms with Crippen LogP contribution in [0.3, 0.4) is 0 Å². The van der Waals surface area contributed by atoms with E-state index < -0.39 is 17.5 Å². The number of hydrogen-bond donors (Lipinski definition) is 2. The molecule has 5 heteroatoms. The van der Waals surface area contributed by atoms with Crippen molar-refractivity contribution in [2.75, 3.05) is 0 Å². The Labute approximate surface area is 114 Å². The molecule has 0 radical (unpaired) electrons. The minimum absolute atomic E-state index is 0.0201. The van der Waals surface area contributed by atoms with E-state index in [1.54, 1.807) is 12.1 Å². The van der Waals surface area contributed by atoms with Crippen LogP contribution in [-0.4, -0.2) is 5.11 Å². The van der Waals surface area contributed by atoms with Gasteiger partial charge in [0, 0.05) is 24.7 Å². The molecular weight excluding hydrogens is 267 g/mol. The van der Waals surface area contributed by atoms with E-state index in [1.807, 2.05) is 12.1 Å². The van der Waals surface area contributed by atoms with Crippen molar-refractivity contribution in [1.82, 2.24) is 5.32 Å². The molecule has 0 heterocycles. The molecule has 2 N–H and O–H groups in total. The third-order valence-electron chi connectivity index (χ3n) is 2.94. The predicted molar refractivity (Wildman–Crippen MR) is 69.2 cm³/mol. The highest BCUT2D eigenvalue weighted by Crippen LogP contribution is 2.13. The van der Waals surface area contributed by atoms with Crippen LogP contribution in [0.15, 0.2) is 36.4 Å². The zero-order chi connectivity index (χ0) is 14.5. The first-order valence-electron chi connectivity index (χ1n) is 6.13. The van der Waals surface area contributed by atoms with Crippen LogP contribution in [0.4, 0.5) is 13.2 Å². The largest absolute Gasteiger partial charge is 0.392 e. The van der Waals surface area contributed by atoms with E-state index in [0.29, 0.717) is 12.6 Å². The fourth-order valence-corrected chi connectivity index (χ4v) is 1.80. The second kappa shape index (κ2) is 6.54. The molecule has 20 heavy (non-hydrogen) atoms. The Bertz CT molecular complexity index is 584. The van der Waals surface area contributed by atoms with Gasteiger partial charge in [0.25, 0.3) is 0 Å². The van der Waals surface area contributed by atoms with Crippen LogP contribution in [0.2, 0.25) is 0 Å². The molecule has 0 saturated heterocycles. The van der Waals surface area contributed by atoms with Crippen molar-refractivity contribution in [1.29, 1.82) is 0 Å². The van der Waals surface area contributed by atoms with Gasteiger partial charge in [-0.15, -0.1) is 0 Å². The highest BCUT2D eigenvalue weighted by molar-refractivity contribution is 5.23. The van der Waals surface area contributed by atoms with Crippen LogP contribution < -0.4 is 5.32 Å². The van der Waals surface area contributed by atoms with Crippen LogP contribution >= 0.6 is 0 Å². The first kappa shape index (κ1) is 14.6. The summed E-state index contributed by atoms with van der Waals surface area (Å²) in [7, 11) is 0. The van der Waals surface area contributed by atoms with E-state index >= 15 is 0 Å². The zero-order valence-electron chi connectivity index (χ0n) is 10.7. The maximum atomic E-state index is 13.4. The third-order valence-corrected chi connectivity index (χ3v) is 2.94. The van der Waals surface area contributed by atoms with Crippen molar-refractivity contribution in [3.63, 3.8) is 0 Å². The molecule has 2 aromatic rings. The molecular formula is C15H14F3NO. The summed E-state index contributed by atoms with van der Waals surface area (Å²) in [5, 5.41) is 11.9. The van der Waals surface area contributed by atoms with Gasteiger partial charge in [0.15, 0.2) is 11.6 Å². The molecule has 0 aliphatic heterocycles. The summed E-state index contributed by atoms with van der Waals surface area (Å²) in [6.45, 7) is 0.544. The smallest absolute Gasteiger partial charge is 0.161 e. The van der Waals surface area contributed by atoms with Crippen molar-refractivity contribution < 1.29 is 18.3 Å². The van der Waals surface area contributed by atoms with Crippen LogP contribution in [0.5, 0.6) is 0 Å². The molecule has 0 unspecified atom stereocenters. The van der Waals surface area contributed by atoms with Gasteiger partial charge in [-0.2, -0.15) is 0 Å². The second-order valence-corrected chi connectivity index (χ2v) is 4.44. The monoisotopic (exact) mass is 281 g/mol. The van der Waals surface area contributed by atoms with Crippen LogP contribution in [-0.2, 0) is 19.7 Å². The Morgan fingerprint density at radius 1 is 0.800 bits per heavy atom. The fraction of sp³-hybridized carbons (Fsp3) is 0.200. The highest BCUT2D eigenvalue weighted by Gasteiger charge is 2.09. The van der Waals surface area contributed by atoms with E-state index in [1.165, 1.54) is 0 Å². The number of aliphatic hydroxyl groups excluding tert-OH is 1. The molecule has 106 valence electrons. The van der Waals surface area contributed by atoms with Gasteiger partial charge >= 0.3 is 0 Å². The normalized spacial score (nSPS) is 10.8. The summed E-state index contributed by atoms with van der Waals surface area (Å²) in [6.07, 6.45) is 0. The minimum atomic E-state index is -1.19. The lowest BCUT2D eigenvalue weighted by atomic mass is 10.1. The first-order chi connectivity index (χ1) is 9.60. The molecule has 0 saturated carbocycles. The molecule has 0 atom stereocenters. The molecule has 2 nitrogen and oxygen atoms in total. The van der Waals surface area contributed by atoms with Gasteiger partial charge in [-0.1, -0.05) is 24.3 Å². The zero-order valence-corrected chi connectivity index (χ0v) is 10.7. The number of hydrogen-bond acceptors (Lipinski definition) is 2. The lowest BCUT2D eigenvalue weighted by Gasteiger charge is -2.07. The van der Waals surface area contributed by atoms with Crippen LogP contribution in [0, 0.1) is 17.5 Å². The number of halogens is 3. The van der Waals surface area contributed by atoms with E-state index in [-0.39, 0.29) is 18.7 Å². The van der Waals surface area contributed by atoms with Gasteiger partial charge in [-0.3, -0.25) is 0 Å². The average molecular weight is 281 g/mol. The quantitative estimate of drug-likeness (QED) is 0.826. The topological polar surface area (TPSA) is 32.3 Å². The summed E-state index contributed by atoms with van der Waals surface area (Å²) in [4.78, 5) is 0. The first-order valence-corrected chi connectivity index (χ1v) is 6.13. The van der Waals surface area contributed by atoms with Crippen LogP contribution in [0.1, 0.15) is 16.7 Å². The summed E-state index contributed by atoms with van der Waals surface area (Å²) in [5.41, 5.74) is 1.83. The number of rotatable bonds is 5. The molecule has 0 aromatic heterocycles. The van der Waals surface area contributed by atoms with Crippen molar-refractivity contribution in [3.05, 3.63) is 70.5 Å². The maximum absolute atomic E-state index is 13.4. The van der Waals surface area contributed by atoms with Crippen molar-refractivity contribution >= 4 is 0 Å². The summed E-state index contributed by atoms with van der Waals surface area (Å²) < 4.78 is 39.1. The number of aliphatic hydroxyl groups is 1. The number of benzene rings is 2. The van der Waals surface area contributed by atoms with Gasteiger partial charge in [0.1, 0.15) is 5.82 Å². The van der Waals surface area contributed by atoms with Gasteiger partial charge in [-0.25, -0.2) is 13.2 Å². The molecule has 0 aliphatic carbocycles. The molecule has 0 bridgehead atoms. The minimum Gasteiger partial charge on any atom is -0.392 e. The predicted octanol–water partition coefficient (Wildman–Crippen LogP) is 2.89. The lowest BCUT2D eigenvalue weighted by molar-refractivity contribution is 0.282. The maximum Gasteiger partial charge on any atom is 0.161 e. The van der Waals surface area contributed by atoms with Crippen molar-refractivity contribution in [2.24, 2.45) is 0 Å². The standard InChI is InChI=1S/C15H14F3NO/c16-13-6-15(18)14(17)5-12(13)8-19-7-10-1-3-11(9-20)4-2-10/h1-6,19-20H,7-9H2. The van der Waals surface area contributed by atoms with Gasteiger partial charge in [0.2, 0.25) is 0 Å². The molecule has 0 fully saturated rings. The molecule has 0 spiro atoms. The Morgan fingerprint density at radius 3 is 2.05 bits per heavy atom. The van der Waals surface area contributed by atoms with Gasteiger partial charge in [-0.05, 0) is 17.2 Å². The average Bonchev–Trinajstić information content (AvgIpc) is 2.45. The van der Waals surface area contributed by atoms with E-state index in [9.17, 15) is 13.2 Å². The van der Waals surface area contributed by atoms with Crippen molar-refractivity contribution in [3.8, 4) is 0 Å². The fourth-order valence-electron chi connectivity index (χ4n) is 1.80. The summed E-state index contributed by atoms with van der Waals surface area (Å²) in [5.74, 6) is -3.02. The molecule has 0 amide bonds. The Hall–Kier alpha value is -1.85. The second-order valence-electron chi connectivity index (χ2n) is 4.44. The molecule has 2 aromatic carbocycles. The number of nitrogens with one attached hydrogen (secondary N) is 1. The Balaban J connectivity index is 1.94. The molecule has 2 rings (SSSR count). The third kappa shape index (κ3) is 3.59. The Kier molecular flexibility index (Phi) is 4.76.